The summed E-state index contributed by atoms with van der Waals surface area (Å²) in [4.78, 5) is 0.308. The van der Waals surface area contributed by atoms with Gasteiger partial charge in [-0.05, 0) is 43.0 Å². The van der Waals surface area contributed by atoms with Gasteiger partial charge in [-0.15, -0.1) is 0 Å². The van der Waals surface area contributed by atoms with Crippen LogP contribution in [0.5, 0.6) is 0 Å². The summed E-state index contributed by atoms with van der Waals surface area (Å²) in [6.45, 7) is 3.68. The molecule has 1 aromatic rings. The molecule has 0 aliphatic carbocycles. The van der Waals surface area contributed by atoms with Gasteiger partial charge in [-0.3, -0.25) is 0 Å². The van der Waals surface area contributed by atoms with Gasteiger partial charge in [-0.2, -0.15) is 0 Å². The van der Waals surface area contributed by atoms with Gasteiger partial charge in [0.25, 0.3) is 0 Å². The Hall–Kier alpha value is -0.430. The maximum atomic E-state index is 12.1. The van der Waals surface area contributed by atoms with Crippen LogP contribution in [0.2, 0.25) is 0 Å². The SMILES string of the molecule is Cc1cc(S(=O)(=O)NCC2CCOC2)ccc1Br. The van der Waals surface area contributed by atoms with E-state index in [-0.39, 0.29) is 5.92 Å². The highest BCUT2D eigenvalue weighted by atomic mass is 79.9. The normalized spacial score (nSPS) is 20.2. The number of aryl methyl sites for hydroxylation is 1. The summed E-state index contributed by atoms with van der Waals surface area (Å²) in [7, 11) is -3.41. The second-order valence-electron chi connectivity index (χ2n) is 4.49. The molecule has 0 radical (unpaired) electrons. The minimum atomic E-state index is -3.41. The molecule has 1 atom stereocenters. The number of rotatable bonds is 4. The Morgan fingerprint density at radius 1 is 1.50 bits per heavy atom. The fourth-order valence-corrected chi connectivity index (χ4v) is 3.29. The van der Waals surface area contributed by atoms with Crippen LogP contribution < -0.4 is 4.72 Å². The first kappa shape index (κ1) is 14.0. The van der Waals surface area contributed by atoms with E-state index in [2.05, 4.69) is 20.7 Å². The van der Waals surface area contributed by atoms with Crippen LogP contribution >= 0.6 is 15.9 Å². The molecule has 0 bridgehead atoms. The van der Waals surface area contributed by atoms with E-state index >= 15 is 0 Å². The second kappa shape index (κ2) is 5.69. The van der Waals surface area contributed by atoms with Crippen LogP contribution in [0.1, 0.15) is 12.0 Å². The third-order valence-electron chi connectivity index (χ3n) is 3.03. The quantitative estimate of drug-likeness (QED) is 0.917. The molecule has 1 heterocycles. The van der Waals surface area contributed by atoms with Crippen LogP contribution in [0, 0.1) is 12.8 Å². The van der Waals surface area contributed by atoms with E-state index in [0.717, 1.165) is 23.1 Å². The fraction of sp³-hybridized carbons (Fsp3) is 0.500. The minimum absolute atomic E-state index is 0.288. The molecule has 0 saturated carbocycles. The zero-order chi connectivity index (χ0) is 13.2. The van der Waals surface area contributed by atoms with Gasteiger partial charge in [0.2, 0.25) is 10.0 Å². The molecule has 1 aromatic carbocycles. The summed E-state index contributed by atoms with van der Waals surface area (Å²) in [6, 6.07) is 5.02. The highest BCUT2D eigenvalue weighted by molar-refractivity contribution is 9.10. The van der Waals surface area contributed by atoms with E-state index in [9.17, 15) is 8.42 Å². The number of nitrogens with one attached hydrogen (secondary N) is 1. The lowest BCUT2D eigenvalue weighted by atomic mass is 10.1. The third kappa shape index (κ3) is 3.32. The van der Waals surface area contributed by atoms with Crippen LogP contribution in [0.3, 0.4) is 0 Å². The third-order valence-corrected chi connectivity index (χ3v) is 5.34. The summed E-state index contributed by atoms with van der Waals surface area (Å²) in [5.41, 5.74) is 0.905. The molecule has 0 aromatic heterocycles. The molecule has 1 fully saturated rings. The van der Waals surface area contributed by atoms with Gasteiger partial charge in [0.1, 0.15) is 0 Å². The summed E-state index contributed by atoms with van der Waals surface area (Å²) in [5.74, 6) is 0.288. The van der Waals surface area contributed by atoms with Gasteiger partial charge in [-0.25, -0.2) is 13.1 Å². The largest absolute Gasteiger partial charge is 0.381 e. The Morgan fingerprint density at radius 3 is 2.89 bits per heavy atom. The van der Waals surface area contributed by atoms with Crippen molar-refractivity contribution in [3.63, 3.8) is 0 Å². The van der Waals surface area contributed by atoms with Crippen molar-refractivity contribution >= 4 is 26.0 Å². The summed E-state index contributed by atoms with van der Waals surface area (Å²) in [6.07, 6.45) is 0.919. The molecule has 1 aliphatic heterocycles. The van der Waals surface area contributed by atoms with E-state index < -0.39 is 10.0 Å². The molecule has 0 spiro atoms. The molecule has 1 N–H and O–H groups in total. The predicted molar refractivity (Wildman–Crippen MR) is 73.0 cm³/mol. The predicted octanol–water partition coefficient (Wildman–Crippen LogP) is 2.07. The van der Waals surface area contributed by atoms with Crippen molar-refractivity contribution in [1.82, 2.24) is 4.72 Å². The average molecular weight is 334 g/mol. The van der Waals surface area contributed by atoms with Gasteiger partial charge >= 0.3 is 0 Å². The van der Waals surface area contributed by atoms with Crippen molar-refractivity contribution in [3.05, 3.63) is 28.2 Å². The maximum absolute atomic E-state index is 12.1. The molecule has 1 saturated heterocycles. The number of hydrogen-bond donors (Lipinski definition) is 1. The number of hydrogen-bond acceptors (Lipinski definition) is 3. The lowest BCUT2D eigenvalue weighted by Crippen LogP contribution is -2.29. The lowest BCUT2D eigenvalue weighted by Gasteiger charge is -2.11. The van der Waals surface area contributed by atoms with Crippen molar-refractivity contribution in [2.75, 3.05) is 19.8 Å². The summed E-state index contributed by atoms with van der Waals surface area (Å²) >= 11 is 3.36. The molecule has 1 aliphatic rings. The summed E-state index contributed by atoms with van der Waals surface area (Å²) < 4.78 is 32.9. The monoisotopic (exact) mass is 333 g/mol. The van der Waals surface area contributed by atoms with Crippen molar-refractivity contribution in [2.24, 2.45) is 5.92 Å². The Balaban J connectivity index is 2.07. The smallest absolute Gasteiger partial charge is 0.240 e. The van der Waals surface area contributed by atoms with Crippen molar-refractivity contribution < 1.29 is 13.2 Å². The van der Waals surface area contributed by atoms with Gasteiger partial charge in [0, 0.05) is 17.6 Å². The Morgan fingerprint density at radius 2 is 2.28 bits per heavy atom. The average Bonchev–Trinajstić information content (AvgIpc) is 2.83. The molecular formula is C12H16BrNO3S. The van der Waals surface area contributed by atoms with E-state index in [1.165, 1.54) is 0 Å². The standard InChI is InChI=1S/C12H16BrNO3S/c1-9-6-11(2-3-12(9)13)18(15,16)14-7-10-4-5-17-8-10/h2-3,6,10,14H,4-5,7-8H2,1H3. The number of ether oxygens (including phenoxy) is 1. The minimum Gasteiger partial charge on any atom is -0.381 e. The molecule has 0 amide bonds. The van der Waals surface area contributed by atoms with Crippen molar-refractivity contribution in [3.8, 4) is 0 Å². The highest BCUT2D eigenvalue weighted by Gasteiger charge is 2.20. The van der Waals surface area contributed by atoms with E-state index in [1.807, 2.05) is 6.92 Å². The van der Waals surface area contributed by atoms with Gasteiger partial charge in [0.05, 0.1) is 11.5 Å². The van der Waals surface area contributed by atoms with Crippen LogP contribution in [-0.2, 0) is 14.8 Å². The fourth-order valence-electron chi connectivity index (χ4n) is 1.84. The molecule has 2 rings (SSSR count). The van der Waals surface area contributed by atoms with Crippen molar-refractivity contribution in [1.29, 1.82) is 0 Å². The van der Waals surface area contributed by atoms with E-state index in [1.54, 1.807) is 18.2 Å². The number of benzene rings is 1. The van der Waals surface area contributed by atoms with Crippen LogP contribution in [0.25, 0.3) is 0 Å². The number of sulfonamides is 1. The Bertz CT molecular complexity index is 524. The van der Waals surface area contributed by atoms with E-state index in [4.69, 9.17) is 4.74 Å². The number of halogens is 1. The Labute approximate surface area is 116 Å². The van der Waals surface area contributed by atoms with Gasteiger partial charge < -0.3 is 4.74 Å². The van der Waals surface area contributed by atoms with Crippen LogP contribution in [0.4, 0.5) is 0 Å². The first-order valence-corrected chi connectivity index (χ1v) is 8.10. The molecule has 18 heavy (non-hydrogen) atoms. The van der Waals surface area contributed by atoms with Crippen molar-refractivity contribution in [2.45, 2.75) is 18.2 Å². The zero-order valence-electron chi connectivity index (χ0n) is 10.1. The second-order valence-corrected chi connectivity index (χ2v) is 7.11. The zero-order valence-corrected chi connectivity index (χ0v) is 12.6. The maximum Gasteiger partial charge on any atom is 0.240 e. The summed E-state index contributed by atoms with van der Waals surface area (Å²) in [5, 5.41) is 0. The van der Waals surface area contributed by atoms with Crippen LogP contribution in [-0.4, -0.2) is 28.2 Å². The molecule has 1 unspecified atom stereocenters. The van der Waals surface area contributed by atoms with Gasteiger partial charge in [0.15, 0.2) is 0 Å². The molecular weight excluding hydrogens is 318 g/mol. The van der Waals surface area contributed by atoms with Gasteiger partial charge in [-0.1, -0.05) is 15.9 Å². The van der Waals surface area contributed by atoms with E-state index in [0.29, 0.717) is 18.0 Å². The highest BCUT2D eigenvalue weighted by Crippen LogP contribution is 2.20. The molecule has 4 nitrogen and oxygen atoms in total. The topological polar surface area (TPSA) is 55.4 Å². The first-order valence-electron chi connectivity index (χ1n) is 5.82. The molecule has 100 valence electrons. The Kier molecular flexibility index (Phi) is 4.42. The van der Waals surface area contributed by atoms with Crippen LogP contribution in [0.15, 0.2) is 27.6 Å². The first-order chi connectivity index (χ1) is 8.49. The lowest BCUT2D eigenvalue weighted by molar-refractivity contribution is 0.186. The molecule has 6 heteroatoms.